The summed E-state index contributed by atoms with van der Waals surface area (Å²) in [5.41, 5.74) is 1.88. The van der Waals surface area contributed by atoms with Crippen molar-refractivity contribution in [1.29, 1.82) is 0 Å². The largest absolute Gasteiger partial charge is 0.473 e. The van der Waals surface area contributed by atoms with Crippen LogP contribution in [0.2, 0.25) is 0 Å². The van der Waals surface area contributed by atoms with Crippen molar-refractivity contribution in [1.82, 2.24) is 10.3 Å². The molecule has 0 spiro atoms. The molecule has 1 amide bonds. The standard InChI is InChI=1S/C16H17ClN2O2/c1-12(17)15(20)19-10-14-8-5-9-18-16(14)21-11-13-6-3-2-4-7-13/h2-9,12H,10-11H2,1H3,(H,19,20). The van der Waals surface area contributed by atoms with Gasteiger partial charge in [0, 0.05) is 18.3 Å². The van der Waals surface area contributed by atoms with E-state index in [1.54, 1.807) is 19.2 Å². The van der Waals surface area contributed by atoms with Crippen molar-refractivity contribution in [2.24, 2.45) is 0 Å². The van der Waals surface area contributed by atoms with Gasteiger partial charge in [0.15, 0.2) is 0 Å². The van der Waals surface area contributed by atoms with Crippen LogP contribution in [0.25, 0.3) is 0 Å². The number of ether oxygens (including phenoxy) is 1. The number of rotatable bonds is 6. The predicted molar refractivity (Wildman–Crippen MR) is 82.2 cm³/mol. The Morgan fingerprint density at radius 3 is 2.76 bits per heavy atom. The Labute approximate surface area is 129 Å². The molecular weight excluding hydrogens is 288 g/mol. The van der Waals surface area contributed by atoms with Crippen molar-refractivity contribution >= 4 is 17.5 Å². The summed E-state index contributed by atoms with van der Waals surface area (Å²) < 4.78 is 5.72. The third-order valence-electron chi connectivity index (χ3n) is 2.88. The van der Waals surface area contributed by atoms with Gasteiger partial charge < -0.3 is 10.1 Å². The molecule has 0 saturated carbocycles. The second-order valence-electron chi connectivity index (χ2n) is 4.58. The van der Waals surface area contributed by atoms with Crippen molar-refractivity contribution in [3.05, 3.63) is 59.8 Å². The van der Waals surface area contributed by atoms with E-state index in [1.807, 2.05) is 36.4 Å². The first-order valence-electron chi connectivity index (χ1n) is 6.69. The van der Waals surface area contributed by atoms with E-state index in [0.29, 0.717) is 19.0 Å². The van der Waals surface area contributed by atoms with Crippen LogP contribution in [0.15, 0.2) is 48.7 Å². The van der Waals surface area contributed by atoms with Crippen LogP contribution >= 0.6 is 11.6 Å². The van der Waals surface area contributed by atoms with E-state index in [2.05, 4.69) is 10.3 Å². The Balaban J connectivity index is 1.98. The normalized spacial score (nSPS) is 11.7. The summed E-state index contributed by atoms with van der Waals surface area (Å²) in [5, 5.41) is 2.19. The van der Waals surface area contributed by atoms with Crippen molar-refractivity contribution in [2.75, 3.05) is 0 Å². The molecule has 4 nitrogen and oxygen atoms in total. The minimum absolute atomic E-state index is 0.213. The first-order valence-corrected chi connectivity index (χ1v) is 7.13. The number of benzene rings is 1. The van der Waals surface area contributed by atoms with E-state index in [0.717, 1.165) is 11.1 Å². The van der Waals surface area contributed by atoms with Gasteiger partial charge in [-0.05, 0) is 18.6 Å². The summed E-state index contributed by atoms with van der Waals surface area (Å²) in [4.78, 5) is 15.7. The minimum Gasteiger partial charge on any atom is -0.473 e. The lowest BCUT2D eigenvalue weighted by molar-refractivity contribution is -0.120. The van der Waals surface area contributed by atoms with Gasteiger partial charge in [-0.1, -0.05) is 36.4 Å². The zero-order chi connectivity index (χ0) is 15.1. The number of alkyl halides is 1. The fraction of sp³-hybridized carbons (Fsp3) is 0.250. The smallest absolute Gasteiger partial charge is 0.238 e. The average molecular weight is 305 g/mol. The Hall–Kier alpha value is -2.07. The Kier molecular flexibility index (Phi) is 5.58. The van der Waals surface area contributed by atoms with E-state index in [9.17, 15) is 4.79 Å². The highest BCUT2D eigenvalue weighted by Gasteiger charge is 2.10. The zero-order valence-electron chi connectivity index (χ0n) is 11.8. The highest BCUT2D eigenvalue weighted by molar-refractivity contribution is 6.30. The quantitative estimate of drug-likeness (QED) is 0.835. The van der Waals surface area contributed by atoms with Crippen molar-refractivity contribution in [3.63, 3.8) is 0 Å². The third kappa shape index (κ3) is 4.76. The lowest BCUT2D eigenvalue weighted by Gasteiger charge is -2.11. The fourth-order valence-corrected chi connectivity index (χ4v) is 1.81. The number of carbonyl (C=O) groups is 1. The molecule has 0 aliphatic carbocycles. The first-order chi connectivity index (χ1) is 10.2. The molecule has 1 atom stereocenters. The summed E-state index contributed by atoms with van der Waals surface area (Å²) in [7, 11) is 0. The van der Waals surface area contributed by atoms with Crippen molar-refractivity contribution in [3.8, 4) is 5.88 Å². The summed E-state index contributed by atoms with van der Waals surface area (Å²) >= 11 is 5.72. The molecule has 0 radical (unpaired) electrons. The van der Waals surface area contributed by atoms with E-state index < -0.39 is 5.38 Å². The molecule has 1 aromatic carbocycles. The molecule has 0 fully saturated rings. The SMILES string of the molecule is CC(Cl)C(=O)NCc1cccnc1OCc1ccccc1. The number of hydrogen-bond donors (Lipinski definition) is 1. The van der Waals surface area contributed by atoms with E-state index >= 15 is 0 Å². The van der Waals surface area contributed by atoms with Crippen LogP contribution in [0.3, 0.4) is 0 Å². The van der Waals surface area contributed by atoms with E-state index in [4.69, 9.17) is 16.3 Å². The summed E-state index contributed by atoms with van der Waals surface area (Å²) in [5.74, 6) is 0.304. The van der Waals surface area contributed by atoms with Gasteiger partial charge in [-0.25, -0.2) is 4.98 Å². The molecule has 1 aromatic heterocycles. The number of hydrogen-bond acceptors (Lipinski definition) is 3. The maximum atomic E-state index is 11.5. The second-order valence-corrected chi connectivity index (χ2v) is 5.23. The summed E-state index contributed by atoms with van der Waals surface area (Å²) in [6.07, 6.45) is 1.66. The number of aromatic nitrogens is 1. The number of pyridine rings is 1. The molecular formula is C16H17ClN2O2. The molecule has 0 saturated heterocycles. The molecule has 21 heavy (non-hydrogen) atoms. The third-order valence-corrected chi connectivity index (χ3v) is 3.08. The molecule has 0 bridgehead atoms. The van der Waals surface area contributed by atoms with Gasteiger partial charge in [0.05, 0.1) is 0 Å². The molecule has 2 aromatic rings. The van der Waals surface area contributed by atoms with Crippen LogP contribution < -0.4 is 10.1 Å². The van der Waals surface area contributed by atoms with E-state index in [1.165, 1.54) is 0 Å². The number of halogens is 1. The van der Waals surface area contributed by atoms with Crippen LogP contribution in [-0.4, -0.2) is 16.3 Å². The molecule has 0 aliphatic heterocycles. The van der Waals surface area contributed by atoms with Crippen LogP contribution in [0, 0.1) is 0 Å². The van der Waals surface area contributed by atoms with Crippen LogP contribution in [0.1, 0.15) is 18.1 Å². The molecule has 2 rings (SSSR count). The monoisotopic (exact) mass is 304 g/mol. The summed E-state index contributed by atoms with van der Waals surface area (Å²) in [6, 6.07) is 13.5. The maximum absolute atomic E-state index is 11.5. The minimum atomic E-state index is -0.560. The fourth-order valence-electron chi connectivity index (χ4n) is 1.74. The lowest BCUT2D eigenvalue weighted by atomic mass is 10.2. The molecule has 0 aliphatic rings. The highest BCUT2D eigenvalue weighted by Crippen LogP contribution is 2.16. The summed E-state index contributed by atoms with van der Waals surface area (Å²) in [6.45, 7) is 2.41. The molecule has 5 heteroatoms. The first kappa shape index (κ1) is 15.3. The predicted octanol–water partition coefficient (Wildman–Crippen LogP) is 2.90. The average Bonchev–Trinajstić information content (AvgIpc) is 2.52. The number of nitrogens with one attached hydrogen (secondary N) is 1. The number of carbonyl (C=O) groups excluding carboxylic acids is 1. The maximum Gasteiger partial charge on any atom is 0.238 e. The molecule has 1 heterocycles. The van der Waals surface area contributed by atoms with Gasteiger partial charge >= 0.3 is 0 Å². The number of nitrogens with zero attached hydrogens (tertiary/aromatic N) is 1. The van der Waals surface area contributed by atoms with Gasteiger partial charge in [0.25, 0.3) is 0 Å². The molecule has 1 N–H and O–H groups in total. The van der Waals surface area contributed by atoms with Gasteiger partial charge in [0.1, 0.15) is 12.0 Å². The van der Waals surface area contributed by atoms with Gasteiger partial charge in [-0.15, -0.1) is 11.6 Å². The number of amides is 1. The Bertz CT molecular complexity index is 588. The van der Waals surface area contributed by atoms with Gasteiger partial charge in [0.2, 0.25) is 11.8 Å². The van der Waals surface area contributed by atoms with E-state index in [-0.39, 0.29) is 5.91 Å². The van der Waals surface area contributed by atoms with Crippen LogP contribution in [0.4, 0.5) is 0 Å². The van der Waals surface area contributed by atoms with Crippen molar-refractivity contribution in [2.45, 2.75) is 25.5 Å². The van der Waals surface area contributed by atoms with Crippen molar-refractivity contribution < 1.29 is 9.53 Å². The van der Waals surface area contributed by atoms with Crippen LogP contribution in [-0.2, 0) is 17.9 Å². The Morgan fingerprint density at radius 2 is 2.05 bits per heavy atom. The highest BCUT2D eigenvalue weighted by atomic mass is 35.5. The molecule has 110 valence electrons. The van der Waals surface area contributed by atoms with Crippen LogP contribution in [0.5, 0.6) is 5.88 Å². The topological polar surface area (TPSA) is 51.2 Å². The zero-order valence-corrected chi connectivity index (χ0v) is 12.5. The Morgan fingerprint density at radius 1 is 1.29 bits per heavy atom. The van der Waals surface area contributed by atoms with Gasteiger partial charge in [-0.2, -0.15) is 0 Å². The lowest BCUT2D eigenvalue weighted by Crippen LogP contribution is -2.29. The van der Waals surface area contributed by atoms with Gasteiger partial charge in [-0.3, -0.25) is 4.79 Å². The second kappa shape index (κ2) is 7.64. The molecule has 1 unspecified atom stereocenters.